The van der Waals surface area contributed by atoms with Crippen LogP contribution in [0.15, 0.2) is 36.4 Å². The van der Waals surface area contributed by atoms with Crippen molar-refractivity contribution in [1.29, 1.82) is 0 Å². The molecule has 19 heavy (non-hydrogen) atoms. The van der Waals surface area contributed by atoms with Gasteiger partial charge in [-0.1, -0.05) is 30.3 Å². The van der Waals surface area contributed by atoms with Gasteiger partial charge < -0.3 is 0 Å². The molecule has 1 aromatic heterocycles. The zero-order chi connectivity index (χ0) is 13.6. The molecule has 0 saturated heterocycles. The second-order valence-electron chi connectivity index (χ2n) is 4.55. The van der Waals surface area contributed by atoms with Gasteiger partial charge in [0.2, 0.25) is 0 Å². The van der Waals surface area contributed by atoms with Gasteiger partial charge in [0.1, 0.15) is 0 Å². The number of amides is 2. The van der Waals surface area contributed by atoms with Crippen LogP contribution in [0.3, 0.4) is 0 Å². The zero-order valence-electron chi connectivity index (χ0n) is 10.7. The smallest absolute Gasteiger partial charge is 0.263 e. The number of pyridine rings is 1. The van der Waals surface area contributed by atoms with E-state index in [0.717, 1.165) is 10.5 Å². The summed E-state index contributed by atoms with van der Waals surface area (Å²) in [5, 5.41) is 0. The van der Waals surface area contributed by atoms with E-state index in [4.69, 9.17) is 0 Å². The number of aromatic nitrogens is 1. The van der Waals surface area contributed by atoms with E-state index < -0.39 is 0 Å². The first-order valence-corrected chi connectivity index (χ1v) is 5.99. The van der Waals surface area contributed by atoms with E-state index in [1.54, 1.807) is 13.0 Å². The Hall–Kier alpha value is -2.49. The number of carbonyl (C=O) groups is 2. The van der Waals surface area contributed by atoms with Crippen molar-refractivity contribution in [2.45, 2.75) is 6.92 Å². The summed E-state index contributed by atoms with van der Waals surface area (Å²) in [6.45, 7) is 1.76. The van der Waals surface area contributed by atoms with E-state index in [1.165, 1.54) is 7.05 Å². The number of fused-ring (bicyclic) bond motifs is 1. The summed E-state index contributed by atoms with van der Waals surface area (Å²) in [7, 11) is 1.49. The minimum absolute atomic E-state index is 0.261. The van der Waals surface area contributed by atoms with Gasteiger partial charge in [0.25, 0.3) is 11.8 Å². The predicted octanol–water partition coefficient (Wildman–Crippen LogP) is 2.28. The third kappa shape index (κ3) is 1.64. The molecule has 0 atom stereocenters. The predicted molar refractivity (Wildman–Crippen MR) is 70.8 cm³/mol. The highest BCUT2D eigenvalue weighted by Crippen LogP contribution is 2.28. The lowest BCUT2D eigenvalue weighted by atomic mass is 10.0. The van der Waals surface area contributed by atoms with Gasteiger partial charge in [-0.25, -0.2) is 0 Å². The number of hydrogen-bond donors (Lipinski definition) is 0. The molecule has 0 aliphatic carbocycles. The lowest BCUT2D eigenvalue weighted by Crippen LogP contribution is -2.24. The van der Waals surface area contributed by atoms with Crippen molar-refractivity contribution in [2.75, 3.05) is 7.05 Å². The minimum atomic E-state index is -0.274. The maximum absolute atomic E-state index is 12.0. The number of imide groups is 1. The molecule has 0 bridgehead atoms. The number of aryl methyl sites for hydroxylation is 1. The van der Waals surface area contributed by atoms with Crippen LogP contribution in [0.2, 0.25) is 0 Å². The molecule has 4 heteroatoms. The topological polar surface area (TPSA) is 50.3 Å². The molecule has 3 rings (SSSR count). The average molecular weight is 252 g/mol. The van der Waals surface area contributed by atoms with Gasteiger partial charge in [0, 0.05) is 12.6 Å². The average Bonchev–Trinajstić information content (AvgIpc) is 2.65. The molecule has 0 radical (unpaired) electrons. The molecule has 2 amide bonds. The van der Waals surface area contributed by atoms with Crippen molar-refractivity contribution < 1.29 is 9.59 Å². The quantitative estimate of drug-likeness (QED) is 0.732. The highest BCUT2D eigenvalue weighted by atomic mass is 16.2. The van der Waals surface area contributed by atoms with Gasteiger partial charge in [0.15, 0.2) is 0 Å². The molecular weight excluding hydrogens is 240 g/mol. The van der Waals surface area contributed by atoms with Crippen LogP contribution in [-0.2, 0) is 0 Å². The molecule has 94 valence electrons. The summed E-state index contributed by atoms with van der Waals surface area (Å²) in [6.07, 6.45) is 0. The SMILES string of the molecule is Cc1nc(-c2ccccc2)cc2c1C(=O)N(C)C2=O. The van der Waals surface area contributed by atoms with E-state index in [2.05, 4.69) is 4.98 Å². The van der Waals surface area contributed by atoms with Gasteiger partial charge >= 0.3 is 0 Å². The van der Waals surface area contributed by atoms with Crippen LogP contribution in [0, 0.1) is 6.92 Å². The Morgan fingerprint density at radius 1 is 1.05 bits per heavy atom. The molecule has 4 nitrogen and oxygen atoms in total. The van der Waals surface area contributed by atoms with Crippen LogP contribution in [-0.4, -0.2) is 28.7 Å². The molecule has 0 fully saturated rings. The van der Waals surface area contributed by atoms with Gasteiger partial charge in [-0.2, -0.15) is 0 Å². The zero-order valence-corrected chi connectivity index (χ0v) is 10.7. The van der Waals surface area contributed by atoms with Crippen molar-refractivity contribution in [3.05, 3.63) is 53.2 Å². The lowest BCUT2D eigenvalue weighted by molar-refractivity contribution is 0.0693. The molecule has 0 saturated carbocycles. The maximum atomic E-state index is 12.0. The number of hydrogen-bond acceptors (Lipinski definition) is 3. The van der Waals surface area contributed by atoms with Crippen LogP contribution in [0.4, 0.5) is 0 Å². The van der Waals surface area contributed by atoms with Gasteiger partial charge in [-0.15, -0.1) is 0 Å². The Morgan fingerprint density at radius 2 is 1.74 bits per heavy atom. The summed E-state index contributed by atoms with van der Waals surface area (Å²) in [6, 6.07) is 11.3. The van der Waals surface area contributed by atoms with Crippen LogP contribution in [0.1, 0.15) is 26.4 Å². The van der Waals surface area contributed by atoms with E-state index in [-0.39, 0.29) is 11.8 Å². The van der Waals surface area contributed by atoms with Crippen molar-refractivity contribution >= 4 is 11.8 Å². The third-order valence-corrected chi connectivity index (χ3v) is 3.32. The van der Waals surface area contributed by atoms with Crippen LogP contribution in [0.25, 0.3) is 11.3 Å². The van der Waals surface area contributed by atoms with E-state index in [1.807, 2.05) is 30.3 Å². The van der Waals surface area contributed by atoms with Crippen LogP contribution >= 0.6 is 0 Å². The fourth-order valence-corrected chi connectivity index (χ4v) is 2.31. The van der Waals surface area contributed by atoms with Crippen molar-refractivity contribution in [3.8, 4) is 11.3 Å². The van der Waals surface area contributed by atoms with Gasteiger partial charge in [0.05, 0.1) is 22.5 Å². The van der Waals surface area contributed by atoms with Crippen molar-refractivity contribution in [1.82, 2.24) is 9.88 Å². The molecule has 1 aromatic carbocycles. The summed E-state index contributed by atoms with van der Waals surface area (Å²) in [5.74, 6) is -0.535. The van der Waals surface area contributed by atoms with E-state index in [0.29, 0.717) is 22.5 Å². The standard InChI is InChI=1S/C15H12N2O2/c1-9-13-11(14(18)17(2)15(13)19)8-12(16-9)10-6-4-3-5-7-10/h3-8H,1-2H3. The van der Waals surface area contributed by atoms with E-state index >= 15 is 0 Å². The normalized spacial score (nSPS) is 13.9. The van der Waals surface area contributed by atoms with Gasteiger partial charge in [-0.3, -0.25) is 19.5 Å². The Morgan fingerprint density at radius 3 is 2.42 bits per heavy atom. The largest absolute Gasteiger partial charge is 0.277 e. The molecule has 2 heterocycles. The maximum Gasteiger partial charge on any atom is 0.263 e. The molecule has 1 aliphatic rings. The summed E-state index contributed by atoms with van der Waals surface area (Å²) >= 11 is 0. The lowest BCUT2D eigenvalue weighted by Gasteiger charge is -2.05. The first kappa shape index (κ1) is 11.6. The Balaban J connectivity index is 2.22. The number of carbonyl (C=O) groups excluding carboxylic acids is 2. The van der Waals surface area contributed by atoms with Gasteiger partial charge in [-0.05, 0) is 13.0 Å². The number of nitrogens with zero attached hydrogens (tertiary/aromatic N) is 2. The Labute approximate surface area is 110 Å². The summed E-state index contributed by atoms with van der Waals surface area (Å²) in [5.41, 5.74) is 3.11. The first-order chi connectivity index (χ1) is 9.09. The Kier molecular flexibility index (Phi) is 2.45. The van der Waals surface area contributed by atoms with Crippen molar-refractivity contribution in [2.24, 2.45) is 0 Å². The van der Waals surface area contributed by atoms with Crippen LogP contribution < -0.4 is 0 Å². The summed E-state index contributed by atoms with van der Waals surface area (Å²) in [4.78, 5) is 29.5. The first-order valence-electron chi connectivity index (χ1n) is 5.99. The monoisotopic (exact) mass is 252 g/mol. The molecule has 1 aliphatic heterocycles. The molecular formula is C15H12N2O2. The third-order valence-electron chi connectivity index (χ3n) is 3.32. The highest BCUT2D eigenvalue weighted by Gasteiger charge is 2.35. The van der Waals surface area contributed by atoms with E-state index in [9.17, 15) is 9.59 Å². The highest BCUT2D eigenvalue weighted by molar-refractivity contribution is 6.21. The molecule has 0 unspecified atom stereocenters. The fourth-order valence-electron chi connectivity index (χ4n) is 2.31. The second-order valence-corrected chi connectivity index (χ2v) is 4.55. The van der Waals surface area contributed by atoms with Crippen molar-refractivity contribution in [3.63, 3.8) is 0 Å². The minimum Gasteiger partial charge on any atom is -0.277 e. The molecule has 2 aromatic rings. The number of rotatable bonds is 1. The number of benzene rings is 1. The van der Waals surface area contributed by atoms with Crippen LogP contribution in [0.5, 0.6) is 0 Å². The summed E-state index contributed by atoms with van der Waals surface area (Å²) < 4.78 is 0. The molecule has 0 N–H and O–H groups in total. The fraction of sp³-hybridized carbons (Fsp3) is 0.133. The second kappa shape index (κ2) is 4.02. The molecule has 0 spiro atoms. The Bertz CT molecular complexity index is 693.